The lowest BCUT2D eigenvalue weighted by Crippen LogP contribution is -2.54. The predicted octanol–water partition coefficient (Wildman–Crippen LogP) is 2.00. The molecule has 0 aromatic heterocycles. The Balaban J connectivity index is 2.46. The third kappa shape index (κ3) is 4.58. The van der Waals surface area contributed by atoms with Crippen molar-refractivity contribution in [1.29, 1.82) is 0 Å². The zero-order valence-corrected chi connectivity index (χ0v) is 12.9. The van der Waals surface area contributed by atoms with E-state index >= 15 is 0 Å². The Kier molecular flexibility index (Phi) is 7.18. The zero-order valence-electron chi connectivity index (χ0n) is 12.9. The summed E-state index contributed by atoms with van der Waals surface area (Å²) >= 11 is 0. The summed E-state index contributed by atoms with van der Waals surface area (Å²) in [5, 5.41) is 0. The first-order valence-electron chi connectivity index (χ1n) is 7.59. The van der Waals surface area contributed by atoms with Gasteiger partial charge in [-0.3, -0.25) is 0 Å². The van der Waals surface area contributed by atoms with Gasteiger partial charge in [-0.15, -0.1) is 0 Å². The van der Waals surface area contributed by atoms with E-state index in [-0.39, 0.29) is 12.1 Å². The molecule has 1 fully saturated rings. The van der Waals surface area contributed by atoms with Gasteiger partial charge in [-0.05, 0) is 19.8 Å². The minimum absolute atomic E-state index is 0.0946. The molecule has 6 nitrogen and oxygen atoms in total. The van der Waals surface area contributed by atoms with E-state index in [2.05, 4.69) is 13.8 Å². The molecule has 1 rings (SSSR count). The van der Waals surface area contributed by atoms with Crippen molar-refractivity contribution < 1.29 is 14.3 Å². The van der Waals surface area contributed by atoms with Crippen LogP contribution in [0.4, 0.5) is 9.59 Å². The van der Waals surface area contributed by atoms with Gasteiger partial charge in [-0.2, -0.15) is 0 Å². The van der Waals surface area contributed by atoms with E-state index < -0.39 is 0 Å². The van der Waals surface area contributed by atoms with Crippen molar-refractivity contribution in [3.05, 3.63) is 0 Å². The van der Waals surface area contributed by atoms with Crippen LogP contribution in [0.1, 0.15) is 33.6 Å². The van der Waals surface area contributed by atoms with E-state index in [0.717, 1.165) is 25.9 Å². The number of ether oxygens (including phenoxy) is 1. The minimum atomic E-state index is -0.279. The molecule has 116 valence electrons. The van der Waals surface area contributed by atoms with Gasteiger partial charge in [0.05, 0.1) is 6.61 Å². The maximum atomic E-state index is 12.4. The van der Waals surface area contributed by atoms with Crippen molar-refractivity contribution in [2.24, 2.45) is 0 Å². The number of rotatable bonds is 5. The van der Waals surface area contributed by atoms with Gasteiger partial charge < -0.3 is 19.4 Å². The molecule has 0 radical (unpaired) electrons. The first-order valence-corrected chi connectivity index (χ1v) is 7.59. The topological polar surface area (TPSA) is 53.1 Å². The standard InChI is InChI=1S/C14H27N3O3/c1-4-7-15(8-5-2)13(18)16-9-11-17(12-10-16)14(19)20-6-3/h4-12H2,1-3H3. The van der Waals surface area contributed by atoms with Gasteiger partial charge in [0.1, 0.15) is 0 Å². The zero-order chi connectivity index (χ0) is 15.0. The molecule has 0 aliphatic carbocycles. The van der Waals surface area contributed by atoms with Crippen molar-refractivity contribution in [1.82, 2.24) is 14.7 Å². The Hall–Kier alpha value is -1.46. The van der Waals surface area contributed by atoms with Crippen LogP contribution in [0.3, 0.4) is 0 Å². The van der Waals surface area contributed by atoms with E-state index in [4.69, 9.17) is 4.74 Å². The van der Waals surface area contributed by atoms with E-state index in [1.807, 2.05) is 9.80 Å². The smallest absolute Gasteiger partial charge is 0.409 e. The summed E-state index contributed by atoms with van der Waals surface area (Å²) in [6.07, 6.45) is 1.65. The first kappa shape index (κ1) is 16.6. The van der Waals surface area contributed by atoms with Gasteiger partial charge in [0.25, 0.3) is 0 Å². The molecule has 3 amide bonds. The minimum Gasteiger partial charge on any atom is -0.450 e. The Morgan fingerprint density at radius 3 is 1.90 bits per heavy atom. The van der Waals surface area contributed by atoms with Crippen molar-refractivity contribution in [3.63, 3.8) is 0 Å². The number of hydrogen-bond acceptors (Lipinski definition) is 3. The monoisotopic (exact) mass is 285 g/mol. The maximum Gasteiger partial charge on any atom is 0.409 e. The molecule has 0 unspecified atom stereocenters. The summed E-state index contributed by atoms with van der Waals surface area (Å²) in [7, 11) is 0. The first-order chi connectivity index (χ1) is 9.63. The van der Waals surface area contributed by atoms with Crippen LogP contribution in [0.5, 0.6) is 0 Å². The predicted molar refractivity (Wildman–Crippen MR) is 77.7 cm³/mol. The highest BCUT2D eigenvalue weighted by molar-refractivity contribution is 5.75. The van der Waals surface area contributed by atoms with Crippen molar-refractivity contribution in [2.75, 3.05) is 45.9 Å². The number of urea groups is 1. The highest BCUT2D eigenvalue weighted by Crippen LogP contribution is 2.08. The number of amides is 3. The SMILES string of the molecule is CCCN(CCC)C(=O)N1CCN(C(=O)OCC)CC1. The third-order valence-corrected chi connectivity index (χ3v) is 3.33. The Morgan fingerprint density at radius 2 is 1.45 bits per heavy atom. The van der Waals surface area contributed by atoms with Gasteiger partial charge in [-0.1, -0.05) is 13.8 Å². The fourth-order valence-corrected chi connectivity index (χ4v) is 2.34. The fraction of sp³-hybridized carbons (Fsp3) is 0.857. The summed E-state index contributed by atoms with van der Waals surface area (Å²) in [5.41, 5.74) is 0. The number of carbonyl (C=O) groups is 2. The average molecular weight is 285 g/mol. The van der Waals surface area contributed by atoms with Crippen LogP contribution in [0.15, 0.2) is 0 Å². The lowest BCUT2D eigenvalue weighted by Gasteiger charge is -2.37. The molecule has 1 aliphatic heterocycles. The van der Waals surface area contributed by atoms with Crippen LogP contribution in [0.2, 0.25) is 0 Å². The lowest BCUT2D eigenvalue weighted by molar-refractivity contribution is 0.0785. The van der Waals surface area contributed by atoms with E-state index in [1.165, 1.54) is 0 Å². The van der Waals surface area contributed by atoms with Gasteiger partial charge in [0.2, 0.25) is 0 Å². The van der Waals surface area contributed by atoms with Crippen LogP contribution in [0, 0.1) is 0 Å². The van der Waals surface area contributed by atoms with Gasteiger partial charge in [-0.25, -0.2) is 9.59 Å². The lowest BCUT2D eigenvalue weighted by atomic mass is 10.3. The number of nitrogens with zero attached hydrogens (tertiary/aromatic N) is 3. The molecule has 0 aromatic carbocycles. The molecule has 0 aromatic rings. The van der Waals surface area contributed by atoms with Gasteiger partial charge in [0, 0.05) is 39.3 Å². The van der Waals surface area contributed by atoms with Crippen LogP contribution >= 0.6 is 0 Å². The van der Waals surface area contributed by atoms with E-state index in [0.29, 0.717) is 32.8 Å². The van der Waals surface area contributed by atoms with Gasteiger partial charge >= 0.3 is 12.1 Å². The molecule has 20 heavy (non-hydrogen) atoms. The maximum absolute atomic E-state index is 12.4. The molecule has 0 atom stereocenters. The summed E-state index contributed by atoms with van der Waals surface area (Å²) in [6.45, 7) is 10.2. The fourth-order valence-electron chi connectivity index (χ4n) is 2.34. The number of piperazine rings is 1. The van der Waals surface area contributed by atoms with E-state index in [9.17, 15) is 9.59 Å². The van der Waals surface area contributed by atoms with E-state index in [1.54, 1.807) is 11.8 Å². The summed E-state index contributed by atoms with van der Waals surface area (Å²) in [5.74, 6) is 0. The second-order valence-corrected chi connectivity index (χ2v) is 4.94. The molecule has 1 aliphatic rings. The van der Waals surface area contributed by atoms with Crippen LogP contribution in [0.25, 0.3) is 0 Å². The van der Waals surface area contributed by atoms with Crippen LogP contribution in [-0.4, -0.2) is 72.7 Å². The summed E-state index contributed by atoms with van der Waals surface area (Å²) in [4.78, 5) is 29.4. The molecule has 0 spiro atoms. The quantitative estimate of drug-likeness (QED) is 0.776. The van der Waals surface area contributed by atoms with Crippen molar-refractivity contribution in [2.45, 2.75) is 33.6 Å². The molecule has 0 N–H and O–H groups in total. The second kappa shape index (κ2) is 8.66. The normalized spacial score (nSPS) is 15.2. The van der Waals surface area contributed by atoms with Crippen molar-refractivity contribution >= 4 is 12.1 Å². The molecule has 1 saturated heterocycles. The summed E-state index contributed by atoms with van der Waals surface area (Å²) in [6, 6.07) is 0.0946. The number of hydrogen-bond donors (Lipinski definition) is 0. The summed E-state index contributed by atoms with van der Waals surface area (Å²) < 4.78 is 4.97. The third-order valence-electron chi connectivity index (χ3n) is 3.33. The Morgan fingerprint density at radius 1 is 0.950 bits per heavy atom. The molecular weight excluding hydrogens is 258 g/mol. The van der Waals surface area contributed by atoms with Gasteiger partial charge in [0.15, 0.2) is 0 Å². The average Bonchev–Trinajstić information content (AvgIpc) is 2.47. The number of carbonyl (C=O) groups excluding carboxylic acids is 2. The highest BCUT2D eigenvalue weighted by atomic mass is 16.6. The van der Waals surface area contributed by atoms with Crippen molar-refractivity contribution in [3.8, 4) is 0 Å². The largest absolute Gasteiger partial charge is 0.450 e. The highest BCUT2D eigenvalue weighted by Gasteiger charge is 2.27. The molecule has 0 bridgehead atoms. The Labute approximate surface area is 121 Å². The molecule has 1 heterocycles. The molecule has 6 heteroatoms. The molecular formula is C14H27N3O3. The second-order valence-electron chi connectivity index (χ2n) is 4.94. The Bertz CT molecular complexity index is 309. The molecule has 0 saturated carbocycles. The van der Waals surface area contributed by atoms with Crippen LogP contribution in [-0.2, 0) is 4.74 Å². The van der Waals surface area contributed by atoms with Crippen LogP contribution < -0.4 is 0 Å².